The molecule has 0 unspecified atom stereocenters. The smallest absolute Gasteiger partial charge is 0.174 e. The molecule has 0 fully saturated rings. The van der Waals surface area contributed by atoms with E-state index in [1.165, 1.54) is 32.3 Å². The van der Waals surface area contributed by atoms with Crippen molar-refractivity contribution in [2.24, 2.45) is 0 Å². The molecule has 47 heavy (non-hydrogen) atoms. The monoisotopic (exact) mass is 619 g/mol. The van der Waals surface area contributed by atoms with Crippen molar-refractivity contribution in [2.75, 3.05) is 0 Å². The summed E-state index contributed by atoms with van der Waals surface area (Å²) in [5.74, 6) is 3.80. The number of benzene rings is 6. The van der Waals surface area contributed by atoms with Crippen LogP contribution in [0.15, 0.2) is 152 Å². The van der Waals surface area contributed by atoms with E-state index in [-0.39, 0.29) is 0 Å². The molecule has 2 aliphatic rings. The van der Waals surface area contributed by atoms with Gasteiger partial charge in [-0.25, -0.2) is 15.0 Å². The molecule has 1 aliphatic carbocycles. The highest BCUT2D eigenvalue weighted by Gasteiger charge is 2.51. The van der Waals surface area contributed by atoms with Gasteiger partial charge in [0.15, 0.2) is 17.5 Å². The van der Waals surface area contributed by atoms with Gasteiger partial charge >= 0.3 is 0 Å². The first-order valence-corrected chi connectivity index (χ1v) is 16.5. The molecule has 6 aromatic carbocycles. The Hall–Kier alpha value is -5.91. The van der Waals surface area contributed by atoms with Gasteiger partial charge in [-0.1, -0.05) is 121 Å². The third kappa shape index (κ3) is 3.84. The number of thiophene rings is 1. The molecule has 3 heterocycles. The second-order valence-corrected chi connectivity index (χ2v) is 13.1. The average molecular weight is 620 g/mol. The maximum Gasteiger partial charge on any atom is 0.174 e. The van der Waals surface area contributed by atoms with E-state index in [0.717, 1.165) is 38.6 Å². The predicted molar refractivity (Wildman–Crippen MR) is 189 cm³/mol. The van der Waals surface area contributed by atoms with Crippen molar-refractivity contribution in [3.05, 3.63) is 174 Å². The van der Waals surface area contributed by atoms with Crippen molar-refractivity contribution in [2.45, 2.75) is 5.41 Å². The second-order valence-electron chi connectivity index (χ2n) is 12.0. The lowest BCUT2D eigenvalue weighted by Crippen LogP contribution is -2.32. The van der Waals surface area contributed by atoms with Gasteiger partial charge in [0, 0.05) is 27.0 Å². The van der Waals surface area contributed by atoms with E-state index in [2.05, 4.69) is 91.0 Å². The molecular formula is C42H25N3OS. The molecule has 0 amide bonds. The first-order chi connectivity index (χ1) is 23.3. The Morgan fingerprint density at radius 3 is 1.62 bits per heavy atom. The summed E-state index contributed by atoms with van der Waals surface area (Å²) in [6, 6.07) is 53.1. The zero-order valence-corrected chi connectivity index (χ0v) is 25.9. The molecule has 0 atom stereocenters. The van der Waals surface area contributed by atoms with Crippen LogP contribution in [0.3, 0.4) is 0 Å². The molecule has 2 aromatic heterocycles. The quantitative estimate of drug-likeness (QED) is 0.197. The minimum atomic E-state index is -0.498. The van der Waals surface area contributed by atoms with E-state index in [1.54, 1.807) is 11.3 Å². The fraction of sp³-hybridized carbons (Fsp3) is 0.0238. The number of fused-ring (bicyclic) bond motifs is 10. The van der Waals surface area contributed by atoms with Crippen molar-refractivity contribution < 1.29 is 4.74 Å². The normalized spacial score (nSPS) is 13.4. The first-order valence-electron chi connectivity index (χ1n) is 15.7. The van der Waals surface area contributed by atoms with Gasteiger partial charge in [0.25, 0.3) is 0 Å². The van der Waals surface area contributed by atoms with Crippen LogP contribution in [0.25, 0.3) is 54.7 Å². The summed E-state index contributed by atoms with van der Waals surface area (Å²) in [7, 11) is 0. The number of ether oxygens (including phenoxy) is 1. The van der Waals surface area contributed by atoms with Gasteiger partial charge < -0.3 is 4.74 Å². The SMILES string of the molecule is c1ccc(-c2nc(-c3ccccc3)nc(-c3cc4cc5c(cc4s3)-c3ccccc3C53c4ccccc4Oc4ccccc43)n2)cc1. The van der Waals surface area contributed by atoms with Crippen LogP contribution < -0.4 is 4.74 Å². The lowest BCUT2D eigenvalue weighted by molar-refractivity contribution is 0.436. The van der Waals surface area contributed by atoms with Crippen LogP contribution in [0.2, 0.25) is 0 Å². The van der Waals surface area contributed by atoms with E-state index < -0.39 is 5.41 Å². The van der Waals surface area contributed by atoms with Crippen LogP contribution in [0.1, 0.15) is 22.3 Å². The number of rotatable bonds is 3. The Labute approximate surface area is 275 Å². The lowest BCUT2D eigenvalue weighted by atomic mass is 9.66. The third-order valence-corrected chi connectivity index (χ3v) is 10.5. The van der Waals surface area contributed by atoms with E-state index in [0.29, 0.717) is 17.5 Å². The summed E-state index contributed by atoms with van der Waals surface area (Å²) >= 11 is 1.73. The zero-order chi connectivity index (χ0) is 31.0. The summed E-state index contributed by atoms with van der Waals surface area (Å²) < 4.78 is 7.72. The minimum Gasteiger partial charge on any atom is -0.457 e. The predicted octanol–water partition coefficient (Wildman–Crippen LogP) is 10.6. The van der Waals surface area contributed by atoms with Crippen LogP contribution in [0, 0.1) is 0 Å². The summed E-state index contributed by atoms with van der Waals surface area (Å²) in [5, 5.41) is 1.17. The molecule has 0 radical (unpaired) electrons. The number of nitrogens with zero attached hydrogens (tertiary/aromatic N) is 3. The van der Waals surface area contributed by atoms with E-state index in [1.807, 2.05) is 60.7 Å². The van der Waals surface area contributed by atoms with Crippen LogP contribution in [-0.2, 0) is 5.41 Å². The molecule has 220 valence electrons. The van der Waals surface area contributed by atoms with Crippen molar-refractivity contribution in [3.8, 4) is 56.1 Å². The van der Waals surface area contributed by atoms with Crippen LogP contribution in [0.5, 0.6) is 11.5 Å². The Balaban J connectivity index is 1.22. The number of hydrogen-bond acceptors (Lipinski definition) is 5. The van der Waals surface area contributed by atoms with Gasteiger partial charge in [0.1, 0.15) is 11.5 Å². The highest BCUT2D eigenvalue weighted by Crippen LogP contribution is 2.62. The fourth-order valence-corrected chi connectivity index (χ4v) is 8.43. The largest absolute Gasteiger partial charge is 0.457 e. The first kappa shape index (κ1) is 26.3. The van der Waals surface area contributed by atoms with Crippen LogP contribution in [-0.4, -0.2) is 15.0 Å². The lowest BCUT2D eigenvalue weighted by Gasteiger charge is -2.39. The molecule has 0 saturated carbocycles. The molecule has 0 bridgehead atoms. The molecule has 1 spiro atoms. The number of hydrogen-bond donors (Lipinski definition) is 0. The van der Waals surface area contributed by atoms with Crippen molar-refractivity contribution in [1.82, 2.24) is 15.0 Å². The molecule has 0 saturated heterocycles. The maximum absolute atomic E-state index is 6.52. The van der Waals surface area contributed by atoms with Gasteiger partial charge in [-0.05, 0) is 58.0 Å². The van der Waals surface area contributed by atoms with Gasteiger partial charge in [0.05, 0.1) is 10.3 Å². The highest BCUT2D eigenvalue weighted by atomic mass is 32.1. The zero-order valence-electron chi connectivity index (χ0n) is 25.1. The molecule has 5 heteroatoms. The average Bonchev–Trinajstić information content (AvgIpc) is 3.69. The molecular weight excluding hydrogens is 595 g/mol. The molecule has 8 aromatic rings. The third-order valence-electron chi connectivity index (χ3n) is 9.40. The second kappa shape index (κ2) is 10.0. The van der Waals surface area contributed by atoms with Crippen molar-refractivity contribution in [3.63, 3.8) is 0 Å². The van der Waals surface area contributed by atoms with Crippen molar-refractivity contribution in [1.29, 1.82) is 0 Å². The van der Waals surface area contributed by atoms with Gasteiger partial charge in [-0.15, -0.1) is 11.3 Å². The summed E-state index contributed by atoms with van der Waals surface area (Å²) in [6.07, 6.45) is 0. The standard InChI is InChI=1S/C42H25N3OS/c1-3-13-26(14-4-1)39-43-40(27-15-5-2-6-16-27)45-41(44-39)38-24-28-23-34-30(25-37(28)47-38)29-17-7-8-18-31(29)42(34)32-19-9-11-21-35(32)46-36-22-12-10-20-33(36)42/h1-25H. The topological polar surface area (TPSA) is 47.9 Å². The summed E-state index contributed by atoms with van der Waals surface area (Å²) in [5.41, 5.74) is 8.81. The molecule has 4 nitrogen and oxygen atoms in total. The van der Waals surface area contributed by atoms with Gasteiger partial charge in [-0.3, -0.25) is 0 Å². The Morgan fingerprint density at radius 1 is 0.447 bits per heavy atom. The summed E-state index contributed by atoms with van der Waals surface area (Å²) in [6.45, 7) is 0. The molecule has 10 rings (SSSR count). The Kier molecular flexibility index (Phi) is 5.63. The van der Waals surface area contributed by atoms with Gasteiger partial charge in [0.2, 0.25) is 0 Å². The summed E-state index contributed by atoms with van der Waals surface area (Å²) in [4.78, 5) is 16.0. The minimum absolute atomic E-state index is 0.498. The molecule has 1 aliphatic heterocycles. The maximum atomic E-state index is 6.52. The Bertz CT molecular complexity index is 2400. The fourth-order valence-electron chi connectivity index (χ4n) is 7.41. The van der Waals surface area contributed by atoms with Crippen LogP contribution >= 0.6 is 11.3 Å². The number of aromatic nitrogens is 3. The van der Waals surface area contributed by atoms with E-state index >= 15 is 0 Å². The number of para-hydroxylation sites is 2. The van der Waals surface area contributed by atoms with Gasteiger partial charge in [-0.2, -0.15) is 0 Å². The highest BCUT2D eigenvalue weighted by molar-refractivity contribution is 7.22. The van der Waals surface area contributed by atoms with E-state index in [9.17, 15) is 0 Å². The van der Waals surface area contributed by atoms with E-state index in [4.69, 9.17) is 19.7 Å². The molecule has 0 N–H and O–H groups in total. The Morgan fingerprint density at radius 2 is 0.979 bits per heavy atom. The van der Waals surface area contributed by atoms with Crippen LogP contribution in [0.4, 0.5) is 0 Å². The van der Waals surface area contributed by atoms with Crippen molar-refractivity contribution >= 4 is 21.4 Å².